The molecule has 0 bridgehead atoms. The van der Waals surface area contributed by atoms with Crippen molar-refractivity contribution in [2.24, 2.45) is 11.8 Å². The minimum atomic E-state index is -2.14. The van der Waals surface area contributed by atoms with E-state index in [0.29, 0.717) is 54.3 Å². The zero-order chi connectivity index (χ0) is 35.0. The lowest BCUT2D eigenvalue weighted by Crippen LogP contribution is -2.38. The largest absolute Gasteiger partial charge is 0.493 e. The van der Waals surface area contributed by atoms with Crippen molar-refractivity contribution in [3.63, 3.8) is 0 Å². The van der Waals surface area contributed by atoms with E-state index in [1.807, 2.05) is 24.3 Å². The molecule has 4 aliphatic rings. The van der Waals surface area contributed by atoms with Crippen molar-refractivity contribution in [1.29, 1.82) is 0 Å². The summed E-state index contributed by atoms with van der Waals surface area (Å²) in [7, 11) is 0. The van der Waals surface area contributed by atoms with Gasteiger partial charge in [0.25, 0.3) is 0 Å². The lowest BCUT2D eigenvalue weighted by atomic mass is 9.81. The highest BCUT2D eigenvalue weighted by Gasteiger charge is 2.30. The standard InChI is InChI=1S/C39H40F2N2O6.2ClH/c40-30-5-1-24(2-6-30)33-9-11-42-18-28(33)20-44-32-14-27(39-38(16-32)48-23-49-39)13-26-15-36-37(47-22-46-36)17-35(26)45-21-29-19-43-12-10-34(29)25-3-7-31(41)8-4-25;;/h1-8,14-17,28-29,33-34,42-43H,9-13,18-23H2;2*1H/t28-,29-,33-,34-;;/m0../s1/i13+1D2;;. The molecule has 8 nitrogen and oxygen atoms in total. The maximum Gasteiger partial charge on any atom is 0.231 e. The molecule has 0 unspecified atom stereocenters. The molecular weight excluding hydrogens is 702 g/mol. The predicted octanol–water partition coefficient (Wildman–Crippen LogP) is 7.40. The summed E-state index contributed by atoms with van der Waals surface area (Å²) in [4.78, 5) is 0. The van der Waals surface area contributed by atoms with Crippen LogP contribution in [-0.2, 0) is 6.37 Å². The second kappa shape index (κ2) is 16.6. The van der Waals surface area contributed by atoms with Gasteiger partial charge < -0.3 is 39.1 Å². The fourth-order valence-corrected chi connectivity index (χ4v) is 7.34. The minimum Gasteiger partial charge on any atom is -0.493 e. The van der Waals surface area contributed by atoms with Crippen LogP contribution < -0.4 is 39.1 Å². The van der Waals surface area contributed by atoms with Gasteiger partial charge in [0.2, 0.25) is 13.6 Å². The van der Waals surface area contributed by atoms with Gasteiger partial charge in [0.1, 0.15) is 23.1 Å². The van der Waals surface area contributed by atoms with E-state index in [2.05, 4.69) is 10.6 Å². The molecule has 272 valence electrons. The third kappa shape index (κ3) is 8.25. The van der Waals surface area contributed by atoms with Crippen LogP contribution in [0.1, 0.15) is 49.7 Å². The van der Waals surface area contributed by atoms with E-state index in [0.717, 1.165) is 43.6 Å². The minimum absolute atomic E-state index is 0. The average molecular weight is 747 g/mol. The third-order valence-corrected chi connectivity index (χ3v) is 9.92. The van der Waals surface area contributed by atoms with Crippen LogP contribution >= 0.6 is 24.8 Å². The second-order valence-corrected chi connectivity index (χ2v) is 13.0. The zero-order valence-electron chi connectivity index (χ0n) is 29.8. The van der Waals surface area contributed by atoms with Gasteiger partial charge in [0.05, 0.1) is 13.2 Å². The number of hydrogen-bond acceptors (Lipinski definition) is 8. The van der Waals surface area contributed by atoms with Crippen LogP contribution in [0.25, 0.3) is 0 Å². The van der Waals surface area contributed by atoms with Crippen LogP contribution in [0.15, 0.2) is 72.8 Å². The van der Waals surface area contributed by atoms with Crippen LogP contribution in [-0.4, -0.2) is 53.0 Å². The molecule has 2 fully saturated rings. The van der Waals surface area contributed by atoms with Gasteiger partial charge in [-0.15, -0.1) is 24.8 Å². The highest BCUT2D eigenvalue weighted by atomic mass is 35.5. The van der Waals surface area contributed by atoms with Gasteiger partial charge in [-0.05, 0) is 85.3 Å². The monoisotopic (exact) mass is 745 g/mol. The fraction of sp³-hybridized carbons (Fsp3) is 0.385. The second-order valence-electron chi connectivity index (χ2n) is 13.0. The Kier molecular flexibility index (Phi) is 11.1. The Morgan fingerprint density at radius 2 is 1.20 bits per heavy atom. The molecule has 4 aromatic rings. The highest BCUT2D eigenvalue weighted by molar-refractivity contribution is 5.85. The molecule has 0 radical (unpaired) electrons. The quantitative estimate of drug-likeness (QED) is 0.163. The number of nitrogens with one attached hydrogen (secondary N) is 2. The molecule has 0 aromatic heterocycles. The van der Waals surface area contributed by atoms with Gasteiger partial charge >= 0.3 is 0 Å². The first-order valence-electron chi connectivity index (χ1n) is 17.9. The smallest absolute Gasteiger partial charge is 0.231 e. The maximum atomic E-state index is 13.7. The van der Waals surface area contributed by atoms with Crippen molar-refractivity contribution < 1.29 is 39.9 Å². The molecule has 4 aliphatic heterocycles. The Morgan fingerprint density at radius 1 is 0.647 bits per heavy atom. The normalized spacial score (nSPS) is 22.5. The van der Waals surface area contributed by atoms with Gasteiger partial charge in [-0.25, -0.2) is 8.78 Å². The van der Waals surface area contributed by atoms with E-state index < -0.39 is 6.37 Å². The number of rotatable bonds is 10. The number of piperidine rings is 2. The third-order valence-electron chi connectivity index (χ3n) is 9.92. The molecular formula is C39H42Cl2F2N2O6. The Balaban J connectivity index is 0.00000240. The first kappa shape index (κ1) is 34.1. The molecule has 51 heavy (non-hydrogen) atoms. The highest BCUT2D eigenvalue weighted by Crippen LogP contribution is 2.44. The van der Waals surface area contributed by atoms with Crippen molar-refractivity contribution >= 4 is 24.8 Å². The van der Waals surface area contributed by atoms with Gasteiger partial charge in [-0.2, -0.15) is 0 Å². The number of ether oxygens (including phenoxy) is 6. The van der Waals surface area contributed by atoms with Gasteiger partial charge in [-0.1, -0.05) is 24.3 Å². The summed E-state index contributed by atoms with van der Waals surface area (Å²) in [6, 6.07) is 20.0. The van der Waals surface area contributed by atoms with Gasteiger partial charge in [0.15, 0.2) is 23.0 Å². The number of benzene rings is 4. The lowest BCUT2D eigenvalue weighted by molar-refractivity contribution is 0.172. The Morgan fingerprint density at radius 3 is 1.82 bits per heavy atom. The van der Waals surface area contributed by atoms with Crippen molar-refractivity contribution in [2.45, 2.75) is 31.1 Å². The SMILES string of the molecule is Cl.Cl.[2H][13C]([2H])(c1cc2c(cc1OC[C@@H]1CNCC[C@H]1c1ccc(F)cc1)OCO2)c1cc(OC[C@@H]2CNCC[C@H]2c2ccc(F)cc2)cc2c1OCO2. The summed E-state index contributed by atoms with van der Waals surface area (Å²) in [6.45, 7) is 3.75. The van der Waals surface area contributed by atoms with Crippen molar-refractivity contribution in [3.05, 3.63) is 107 Å². The van der Waals surface area contributed by atoms with Crippen LogP contribution in [0.3, 0.4) is 0 Å². The average Bonchev–Trinajstić information content (AvgIpc) is 3.83. The number of hydrogen-bond donors (Lipinski definition) is 2. The van der Waals surface area contributed by atoms with E-state index in [9.17, 15) is 11.5 Å². The van der Waals surface area contributed by atoms with E-state index >= 15 is 0 Å². The summed E-state index contributed by atoms with van der Waals surface area (Å²) in [6.07, 6.45) is -0.382. The van der Waals surface area contributed by atoms with E-state index in [1.54, 1.807) is 24.3 Å². The summed E-state index contributed by atoms with van der Waals surface area (Å²) >= 11 is 0. The summed E-state index contributed by atoms with van der Waals surface area (Å²) in [5, 5.41) is 6.89. The number of halogens is 4. The van der Waals surface area contributed by atoms with Gasteiger partial charge in [0, 0.05) is 57.3 Å². The molecule has 0 saturated carbocycles. The van der Waals surface area contributed by atoms with Crippen molar-refractivity contribution in [1.82, 2.24) is 10.6 Å². The van der Waals surface area contributed by atoms with Gasteiger partial charge in [-0.3, -0.25) is 0 Å². The molecule has 0 amide bonds. The van der Waals surface area contributed by atoms with E-state index in [-0.39, 0.29) is 84.8 Å². The fourth-order valence-electron chi connectivity index (χ4n) is 7.34. The topological polar surface area (TPSA) is 79.4 Å². The molecule has 0 spiro atoms. The van der Waals surface area contributed by atoms with Crippen LogP contribution in [0.4, 0.5) is 8.78 Å². The first-order valence-corrected chi connectivity index (χ1v) is 16.9. The molecule has 2 N–H and O–H groups in total. The van der Waals surface area contributed by atoms with Crippen molar-refractivity contribution in [2.75, 3.05) is 53.0 Å². The predicted molar refractivity (Wildman–Crippen MR) is 194 cm³/mol. The lowest BCUT2D eigenvalue weighted by Gasteiger charge is -2.32. The molecule has 2 saturated heterocycles. The van der Waals surface area contributed by atoms with Crippen LogP contribution in [0.2, 0.25) is 0 Å². The molecule has 0 aliphatic carbocycles. The van der Waals surface area contributed by atoms with Crippen molar-refractivity contribution in [3.8, 4) is 34.5 Å². The first-order chi connectivity index (χ1) is 24.8. The molecule has 4 atom stereocenters. The van der Waals surface area contributed by atoms with Crippen LogP contribution in [0.5, 0.6) is 34.5 Å². The summed E-state index contributed by atoms with van der Waals surface area (Å²) in [5.41, 5.74) is 2.59. The van der Waals surface area contributed by atoms with E-state index in [4.69, 9.17) is 28.4 Å². The Bertz CT molecular complexity index is 1870. The summed E-state index contributed by atoms with van der Waals surface area (Å²) in [5.74, 6) is 2.30. The molecule has 4 heterocycles. The summed E-state index contributed by atoms with van der Waals surface area (Å²) < 4.78 is 82.4. The zero-order valence-corrected chi connectivity index (χ0v) is 29.5. The molecule has 4 aromatic carbocycles. The van der Waals surface area contributed by atoms with E-state index in [1.165, 1.54) is 24.3 Å². The Labute approximate surface area is 311 Å². The van der Waals surface area contributed by atoms with Crippen LogP contribution in [0, 0.1) is 23.5 Å². The molecule has 8 rings (SSSR count). The Hall–Kier alpha value is -3.96. The molecule has 12 heteroatoms. The number of fused-ring (bicyclic) bond motifs is 2. The maximum absolute atomic E-state index is 13.7.